The number of hydrogen-bond acceptors (Lipinski definition) is 2. The highest BCUT2D eigenvalue weighted by Gasteiger charge is 2.04. The summed E-state index contributed by atoms with van der Waals surface area (Å²) in [5, 5.41) is 9.40. The Balaban J connectivity index is 2.69. The maximum Gasteiger partial charge on any atom is 0.104 e. The fraction of sp³-hybridized carbons (Fsp3) is 0.400. The van der Waals surface area contributed by atoms with Crippen LogP contribution in [0.3, 0.4) is 0 Å². The fourth-order valence-corrected chi connectivity index (χ4v) is 1.79. The minimum absolute atomic E-state index is 0.272. The molecule has 0 bridgehead atoms. The highest BCUT2D eigenvalue weighted by molar-refractivity contribution is 7.99. The summed E-state index contributed by atoms with van der Waals surface area (Å²) in [5.74, 6) is 0. The van der Waals surface area contributed by atoms with Gasteiger partial charge in [-0.05, 0) is 25.0 Å². The Morgan fingerprint density at radius 3 is 2.67 bits per heavy atom. The van der Waals surface area contributed by atoms with Gasteiger partial charge in [0.25, 0.3) is 0 Å². The Morgan fingerprint density at radius 2 is 2.08 bits per heavy atom. The Labute approximate surface area is 77.8 Å². The maximum atomic E-state index is 9.40. The van der Waals surface area contributed by atoms with Crippen LogP contribution in [0.5, 0.6) is 0 Å². The van der Waals surface area contributed by atoms with Gasteiger partial charge >= 0.3 is 0 Å². The third-order valence-corrected chi connectivity index (χ3v) is 3.02. The molecule has 1 aromatic rings. The van der Waals surface area contributed by atoms with E-state index in [0.29, 0.717) is 0 Å². The van der Waals surface area contributed by atoms with E-state index in [2.05, 4.69) is 13.0 Å². The second kappa shape index (κ2) is 4.53. The molecule has 0 fully saturated rings. The lowest BCUT2D eigenvalue weighted by Gasteiger charge is -2.08. The zero-order valence-electron chi connectivity index (χ0n) is 7.45. The number of thioether (sulfide) groups is 1. The molecule has 0 amide bonds. The molecule has 1 nitrogen and oxygen atoms in total. The summed E-state index contributed by atoms with van der Waals surface area (Å²) in [4.78, 5) is 1.17. The smallest absolute Gasteiger partial charge is 0.104 e. The molecule has 0 heterocycles. The summed E-state index contributed by atoms with van der Waals surface area (Å²) < 4.78 is 0. The second-order valence-electron chi connectivity index (χ2n) is 2.75. The van der Waals surface area contributed by atoms with Crippen LogP contribution in [0.4, 0.5) is 0 Å². The SMILES string of the molecule is CCC(O)Sc1ccccc1C. The molecular weight excluding hydrogens is 168 g/mol. The molecule has 1 atom stereocenters. The van der Waals surface area contributed by atoms with Crippen LogP contribution < -0.4 is 0 Å². The highest BCUT2D eigenvalue weighted by Crippen LogP contribution is 2.26. The summed E-state index contributed by atoms with van der Waals surface area (Å²) >= 11 is 1.53. The molecule has 0 aliphatic rings. The first-order chi connectivity index (χ1) is 5.74. The van der Waals surface area contributed by atoms with Crippen LogP contribution in [-0.2, 0) is 0 Å². The molecule has 1 aromatic carbocycles. The lowest BCUT2D eigenvalue weighted by atomic mass is 10.2. The molecule has 0 spiro atoms. The number of aliphatic hydroxyl groups excluding tert-OH is 1. The van der Waals surface area contributed by atoms with Crippen molar-refractivity contribution in [2.24, 2.45) is 0 Å². The van der Waals surface area contributed by atoms with Crippen molar-refractivity contribution in [3.8, 4) is 0 Å². The van der Waals surface area contributed by atoms with Gasteiger partial charge < -0.3 is 5.11 Å². The van der Waals surface area contributed by atoms with Crippen LogP contribution in [0, 0.1) is 6.92 Å². The summed E-state index contributed by atoms with van der Waals surface area (Å²) in [6, 6.07) is 8.11. The van der Waals surface area contributed by atoms with Crippen LogP contribution in [0.15, 0.2) is 29.2 Å². The van der Waals surface area contributed by atoms with Gasteiger partial charge in [-0.25, -0.2) is 0 Å². The van der Waals surface area contributed by atoms with E-state index < -0.39 is 0 Å². The molecule has 0 saturated heterocycles. The molecule has 0 aliphatic carbocycles. The Bertz CT molecular complexity index is 247. The number of aliphatic hydroxyl groups is 1. The quantitative estimate of drug-likeness (QED) is 0.573. The lowest BCUT2D eigenvalue weighted by Crippen LogP contribution is -1.97. The van der Waals surface area contributed by atoms with E-state index in [0.717, 1.165) is 6.42 Å². The van der Waals surface area contributed by atoms with Crippen LogP contribution in [-0.4, -0.2) is 10.5 Å². The molecule has 1 rings (SSSR count). The van der Waals surface area contributed by atoms with E-state index >= 15 is 0 Å². The Morgan fingerprint density at radius 1 is 1.42 bits per heavy atom. The van der Waals surface area contributed by atoms with E-state index in [1.54, 1.807) is 0 Å². The fourth-order valence-electron chi connectivity index (χ4n) is 0.919. The van der Waals surface area contributed by atoms with Gasteiger partial charge in [-0.3, -0.25) is 0 Å². The Kier molecular flexibility index (Phi) is 3.63. The summed E-state index contributed by atoms with van der Waals surface area (Å²) in [7, 11) is 0. The van der Waals surface area contributed by atoms with Crippen molar-refractivity contribution < 1.29 is 5.11 Å². The van der Waals surface area contributed by atoms with E-state index in [1.165, 1.54) is 22.2 Å². The zero-order valence-corrected chi connectivity index (χ0v) is 8.27. The van der Waals surface area contributed by atoms with Crippen molar-refractivity contribution >= 4 is 11.8 Å². The lowest BCUT2D eigenvalue weighted by molar-refractivity contribution is 0.259. The molecule has 66 valence electrons. The van der Waals surface area contributed by atoms with E-state index in [4.69, 9.17) is 0 Å². The van der Waals surface area contributed by atoms with Crippen molar-refractivity contribution in [1.29, 1.82) is 0 Å². The summed E-state index contributed by atoms with van der Waals surface area (Å²) in [6.45, 7) is 4.04. The number of hydrogen-bond donors (Lipinski definition) is 1. The van der Waals surface area contributed by atoms with E-state index in [9.17, 15) is 5.11 Å². The zero-order chi connectivity index (χ0) is 8.97. The van der Waals surface area contributed by atoms with Gasteiger partial charge in [-0.1, -0.05) is 36.9 Å². The molecular formula is C10H14OS. The van der Waals surface area contributed by atoms with Crippen LogP contribution in [0.2, 0.25) is 0 Å². The molecule has 1 N–H and O–H groups in total. The third kappa shape index (κ3) is 2.54. The Hall–Kier alpha value is -0.470. The van der Waals surface area contributed by atoms with Crippen LogP contribution in [0.1, 0.15) is 18.9 Å². The molecule has 1 unspecified atom stereocenters. The monoisotopic (exact) mass is 182 g/mol. The van der Waals surface area contributed by atoms with Gasteiger partial charge in [0.2, 0.25) is 0 Å². The van der Waals surface area contributed by atoms with Crippen molar-refractivity contribution in [2.45, 2.75) is 30.6 Å². The van der Waals surface area contributed by atoms with Crippen molar-refractivity contribution in [3.05, 3.63) is 29.8 Å². The van der Waals surface area contributed by atoms with Crippen molar-refractivity contribution in [2.75, 3.05) is 0 Å². The minimum Gasteiger partial charge on any atom is -0.382 e. The molecule has 2 heteroatoms. The predicted octanol–water partition coefficient (Wildman–Crippen LogP) is 2.82. The third-order valence-electron chi connectivity index (χ3n) is 1.71. The molecule has 0 aromatic heterocycles. The van der Waals surface area contributed by atoms with Gasteiger partial charge in [-0.2, -0.15) is 0 Å². The number of rotatable bonds is 3. The predicted molar refractivity (Wildman–Crippen MR) is 53.3 cm³/mol. The van der Waals surface area contributed by atoms with Gasteiger partial charge in [0.15, 0.2) is 0 Å². The maximum absolute atomic E-state index is 9.40. The average Bonchev–Trinajstić information content (AvgIpc) is 2.09. The molecule has 0 radical (unpaired) electrons. The van der Waals surface area contributed by atoms with Gasteiger partial charge in [0, 0.05) is 4.90 Å². The average molecular weight is 182 g/mol. The largest absolute Gasteiger partial charge is 0.382 e. The highest BCUT2D eigenvalue weighted by atomic mass is 32.2. The first kappa shape index (κ1) is 9.62. The topological polar surface area (TPSA) is 20.2 Å². The second-order valence-corrected chi connectivity index (χ2v) is 3.97. The van der Waals surface area contributed by atoms with Gasteiger partial charge in [0.1, 0.15) is 5.44 Å². The van der Waals surface area contributed by atoms with Gasteiger partial charge in [0.05, 0.1) is 0 Å². The minimum atomic E-state index is -0.272. The van der Waals surface area contributed by atoms with Gasteiger partial charge in [-0.15, -0.1) is 0 Å². The van der Waals surface area contributed by atoms with E-state index in [1.807, 2.05) is 25.1 Å². The molecule has 0 aliphatic heterocycles. The first-order valence-corrected chi connectivity index (χ1v) is 5.02. The summed E-state index contributed by atoms with van der Waals surface area (Å²) in [6.07, 6.45) is 0.791. The van der Waals surface area contributed by atoms with E-state index in [-0.39, 0.29) is 5.44 Å². The summed E-state index contributed by atoms with van der Waals surface area (Å²) in [5.41, 5.74) is 0.959. The number of aryl methyl sites for hydroxylation is 1. The number of benzene rings is 1. The molecule has 0 saturated carbocycles. The standard InChI is InChI=1S/C10H14OS/c1-3-10(11)12-9-7-5-4-6-8(9)2/h4-7,10-11H,3H2,1-2H3. The van der Waals surface area contributed by atoms with Crippen LogP contribution in [0.25, 0.3) is 0 Å². The van der Waals surface area contributed by atoms with Crippen molar-refractivity contribution in [1.82, 2.24) is 0 Å². The van der Waals surface area contributed by atoms with Crippen molar-refractivity contribution in [3.63, 3.8) is 0 Å². The van der Waals surface area contributed by atoms with Crippen LogP contribution >= 0.6 is 11.8 Å². The first-order valence-electron chi connectivity index (χ1n) is 4.14. The normalized spacial score (nSPS) is 12.9. The molecule has 12 heavy (non-hydrogen) atoms.